The van der Waals surface area contributed by atoms with Gasteiger partial charge in [-0.1, -0.05) is 31.3 Å². The van der Waals surface area contributed by atoms with E-state index in [-0.39, 0.29) is 6.10 Å². The van der Waals surface area contributed by atoms with E-state index in [0.29, 0.717) is 6.61 Å². The van der Waals surface area contributed by atoms with Gasteiger partial charge in [-0.2, -0.15) is 0 Å². The van der Waals surface area contributed by atoms with Crippen LogP contribution in [0.25, 0.3) is 0 Å². The number of aryl methyl sites for hydroxylation is 1. The van der Waals surface area contributed by atoms with E-state index >= 15 is 0 Å². The first-order valence-electron chi connectivity index (χ1n) is 6.78. The van der Waals surface area contributed by atoms with Crippen molar-refractivity contribution in [3.63, 3.8) is 0 Å². The molecule has 2 rings (SSSR count). The number of rotatable bonds is 4. The maximum atomic E-state index is 5.78. The fourth-order valence-electron chi connectivity index (χ4n) is 2.12. The molecule has 19 heavy (non-hydrogen) atoms. The molecule has 4 heteroatoms. The van der Waals surface area contributed by atoms with Crippen molar-refractivity contribution >= 4 is 17.2 Å². The lowest BCUT2D eigenvalue weighted by Crippen LogP contribution is -2.46. The van der Waals surface area contributed by atoms with E-state index < -0.39 is 0 Å². The highest BCUT2D eigenvalue weighted by molar-refractivity contribution is 7.80. The summed E-state index contributed by atoms with van der Waals surface area (Å²) < 4.78 is 11.5. The summed E-state index contributed by atoms with van der Waals surface area (Å²) in [6, 6.07) is 8.24. The first kappa shape index (κ1) is 14.3. The number of benzene rings is 1. The Kier molecular flexibility index (Phi) is 5.16. The normalized spacial score (nSPS) is 19.3. The summed E-state index contributed by atoms with van der Waals surface area (Å²) in [6.07, 6.45) is 1.15. The van der Waals surface area contributed by atoms with Crippen molar-refractivity contribution in [2.45, 2.75) is 26.4 Å². The highest BCUT2D eigenvalue weighted by Crippen LogP contribution is 2.14. The summed E-state index contributed by atoms with van der Waals surface area (Å²) in [5.74, 6) is 0.900. The molecule has 1 aromatic carbocycles. The molecule has 0 bridgehead atoms. The Morgan fingerprint density at radius 1 is 1.42 bits per heavy atom. The van der Waals surface area contributed by atoms with Gasteiger partial charge in [0.2, 0.25) is 0 Å². The van der Waals surface area contributed by atoms with Gasteiger partial charge in [0.1, 0.15) is 18.5 Å². The van der Waals surface area contributed by atoms with E-state index in [9.17, 15) is 0 Å². The summed E-state index contributed by atoms with van der Waals surface area (Å²) in [6.45, 7) is 7.11. The van der Waals surface area contributed by atoms with Crippen molar-refractivity contribution in [1.29, 1.82) is 0 Å². The minimum atomic E-state index is 0.0949. The van der Waals surface area contributed by atoms with Crippen molar-refractivity contribution in [2.75, 3.05) is 26.3 Å². The molecule has 1 fully saturated rings. The molecule has 3 nitrogen and oxygen atoms in total. The maximum Gasteiger partial charge on any atom is 0.119 e. The third-order valence-corrected chi connectivity index (χ3v) is 3.61. The van der Waals surface area contributed by atoms with E-state index in [4.69, 9.17) is 21.7 Å². The third kappa shape index (κ3) is 4.18. The van der Waals surface area contributed by atoms with Crippen molar-refractivity contribution < 1.29 is 9.47 Å². The second kappa shape index (κ2) is 6.87. The topological polar surface area (TPSA) is 21.7 Å². The van der Waals surface area contributed by atoms with Crippen LogP contribution in [0.5, 0.6) is 5.75 Å². The Hall–Kier alpha value is -1.13. The lowest BCUT2D eigenvalue weighted by molar-refractivity contribution is -0.0281. The second-order valence-corrected chi connectivity index (χ2v) is 5.36. The first-order valence-corrected chi connectivity index (χ1v) is 7.18. The first-order chi connectivity index (χ1) is 9.19. The number of hydrogen-bond acceptors (Lipinski definition) is 3. The fourth-order valence-corrected chi connectivity index (χ4v) is 2.28. The van der Waals surface area contributed by atoms with E-state index in [1.54, 1.807) is 0 Å². The van der Waals surface area contributed by atoms with Gasteiger partial charge in [0, 0.05) is 13.1 Å². The smallest absolute Gasteiger partial charge is 0.119 e. The van der Waals surface area contributed by atoms with Gasteiger partial charge in [-0.25, -0.2) is 0 Å². The van der Waals surface area contributed by atoms with E-state index in [2.05, 4.69) is 24.0 Å². The Morgan fingerprint density at radius 2 is 2.16 bits per heavy atom. The molecule has 0 aromatic heterocycles. The van der Waals surface area contributed by atoms with Crippen LogP contribution in [-0.2, 0) is 11.2 Å². The highest BCUT2D eigenvalue weighted by Gasteiger charge is 2.21. The molecule has 1 heterocycles. The minimum absolute atomic E-state index is 0.0949. The molecule has 0 aliphatic carbocycles. The second-order valence-electron chi connectivity index (χ2n) is 4.77. The lowest BCUT2D eigenvalue weighted by atomic mass is 10.2. The molecule has 1 saturated heterocycles. The zero-order valence-electron chi connectivity index (χ0n) is 11.6. The Balaban J connectivity index is 1.82. The molecule has 1 unspecified atom stereocenters. The van der Waals surface area contributed by atoms with Crippen LogP contribution in [0, 0.1) is 0 Å². The van der Waals surface area contributed by atoms with Crippen LogP contribution in [0.15, 0.2) is 24.3 Å². The monoisotopic (exact) mass is 279 g/mol. The van der Waals surface area contributed by atoms with Gasteiger partial charge in [-0.05, 0) is 31.0 Å². The number of hydrogen-bond donors (Lipinski definition) is 0. The largest absolute Gasteiger partial charge is 0.491 e. The molecule has 0 radical (unpaired) electrons. The molecule has 1 atom stereocenters. The summed E-state index contributed by atoms with van der Waals surface area (Å²) in [4.78, 5) is 3.10. The molecular weight excluding hydrogens is 258 g/mol. The average molecular weight is 279 g/mol. The van der Waals surface area contributed by atoms with Gasteiger partial charge in [-0.3, -0.25) is 0 Å². The van der Waals surface area contributed by atoms with Crippen molar-refractivity contribution in [3.05, 3.63) is 29.8 Å². The molecule has 104 valence electrons. The number of nitrogens with zero attached hydrogens (tertiary/aromatic N) is 1. The van der Waals surface area contributed by atoms with Gasteiger partial charge >= 0.3 is 0 Å². The molecule has 1 aromatic rings. The van der Waals surface area contributed by atoms with Crippen molar-refractivity contribution in [1.82, 2.24) is 4.90 Å². The van der Waals surface area contributed by atoms with Gasteiger partial charge in [0.05, 0.1) is 11.6 Å². The Bertz CT molecular complexity index is 419. The summed E-state index contributed by atoms with van der Waals surface area (Å²) in [7, 11) is 0. The minimum Gasteiger partial charge on any atom is -0.491 e. The summed E-state index contributed by atoms with van der Waals surface area (Å²) in [5.41, 5.74) is 1.32. The van der Waals surface area contributed by atoms with E-state index in [1.165, 1.54) is 5.56 Å². The SMILES string of the molecule is CCc1ccc(OCC2CN(C(C)=S)CCO2)cc1. The number of ether oxygens (including phenoxy) is 2. The molecular formula is C15H21NO2S. The van der Waals surface area contributed by atoms with Crippen LogP contribution in [0.1, 0.15) is 19.4 Å². The molecule has 0 spiro atoms. The van der Waals surface area contributed by atoms with Crippen LogP contribution in [-0.4, -0.2) is 42.3 Å². The highest BCUT2D eigenvalue weighted by atomic mass is 32.1. The molecule has 0 saturated carbocycles. The molecule has 0 amide bonds. The average Bonchev–Trinajstić information content (AvgIpc) is 2.46. The van der Waals surface area contributed by atoms with Gasteiger partial charge in [0.15, 0.2) is 0 Å². The van der Waals surface area contributed by atoms with Gasteiger partial charge < -0.3 is 14.4 Å². The summed E-state index contributed by atoms with van der Waals surface area (Å²) >= 11 is 5.20. The van der Waals surface area contributed by atoms with Crippen LogP contribution in [0.2, 0.25) is 0 Å². The summed E-state index contributed by atoms with van der Waals surface area (Å²) in [5, 5.41) is 0. The standard InChI is InChI=1S/C15H21NO2S/c1-3-13-4-6-14(7-5-13)18-11-15-10-16(12(2)19)8-9-17-15/h4-7,15H,3,8-11H2,1-2H3. The zero-order valence-corrected chi connectivity index (χ0v) is 12.4. The maximum absolute atomic E-state index is 5.78. The number of thiocarbonyl (C=S) groups is 1. The van der Waals surface area contributed by atoms with Gasteiger partial charge in [0.25, 0.3) is 0 Å². The van der Waals surface area contributed by atoms with Crippen molar-refractivity contribution in [2.24, 2.45) is 0 Å². The third-order valence-electron chi connectivity index (χ3n) is 3.35. The predicted octanol–water partition coefficient (Wildman–Crippen LogP) is 2.68. The quantitative estimate of drug-likeness (QED) is 0.790. The van der Waals surface area contributed by atoms with Crippen LogP contribution >= 0.6 is 12.2 Å². The van der Waals surface area contributed by atoms with E-state index in [1.807, 2.05) is 19.1 Å². The van der Waals surface area contributed by atoms with Crippen LogP contribution < -0.4 is 4.74 Å². The molecule has 0 N–H and O–H groups in total. The van der Waals surface area contributed by atoms with Gasteiger partial charge in [-0.15, -0.1) is 0 Å². The fraction of sp³-hybridized carbons (Fsp3) is 0.533. The Labute approximate surface area is 120 Å². The van der Waals surface area contributed by atoms with E-state index in [0.717, 1.165) is 36.9 Å². The van der Waals surface area contributed by atoms with Crippen LogP contribution in [0.4, 0.5) is 0 Å². The lowest BCUT2D eigenvalue weighted by Gasteiger charge is -2.33. The van der Waals surface area contributed by atoms with Crippen LogP contribution in [0.3, 0.4) is 0 Å². The number of morpholine rings is 1. The molecule has 1 aliphatic heterocycles. The predicted molar refractivity (Wildman–Crippen MR) is 80.9 cm³/mol. The Morgan fingerprint density at radius 3 is 2.79 bits per heavy atom. The zero-order chi connectivity index (χ0) is 13.7. The van der Waals surface area contributed by atoms with Crippen molar-refractivity contribution in [3.8, 4) is 5.75 Å². The molecule has 1 aliphatic rings.